The van der Waals surface area contributed by atoms with Gasteiger partial charge in [-0.3, -0.25) is 4.79 Å². The molecule has 8 nitrogen and oxygen atoms in total. The molecule has 1 aliphatic rings. The minimum atomic E-state index is -0.868. The van der Waals surface area contributed by atoms with Gasteiger partial charge >= 0.3 is 0 Å². The molecule has 4 rings (SSSR count). The molecule has 2 aromatic heterocycles. The second-order valence-electron chi connectivity index (χ2n) is 6.93. The average Bonchev–Trinajstić information content (AvgIpc) is 3.17. The summed E-state index contributed by atoms with van der Waals surface area (Å²) in [5.41, 5.74) is 6.55. The van der Waals surface area contributed by atoms with Gasteiger partial charge < -0.3 is 26.0 Å². The SMILES string of the molecule is Cc1c(C(N)=O)sc2ncnc(Nc3ccc(F)cc3O[C@@H]3C[C@@H](O)[C@@H](O)C3)c12. The topological polar surface area (TPSA) is 131 Å². The lowest BCUT2D eigenvalue weighted by molar-refractivity contribution is 0.0438. The zero-order valence-corrected chi connectivity index (χ0v) is 16.2. The van der Waals surface area contributed by atoms with Gasteiger partial charge in [0.2, 0.25) is 0 Å². The number of amides is 1. The molecular weight excluding hydrogens is 399 g/mol. The Balaban J connectivity index is 1.69. The number of nitrogens with zero attached hydrogens (tertiary/aromatic N) is 2. The highest BCUT2D eigenvalue weighted by atomic mass is 32.1. The van der Waals surface area contributed by atoms with Crippen molar-refractivity contribution in [3.05, 3.63) is 40.8 Å². The summed E-state index contributed by atoms with van der Waals surface area (Å²) in [7, 11) is 0. The number of carbonyl (C=O) groups excluding carboxylic acids is 1. The van der Waals surface area contributed by atoms with Crippen LogP contribution >= 0.6 is 11.3 Å². The number of primary amides is 1. The zero-order chi connectivity index (χ0) is 20.7. The summed E-state index contributed by atoms with van der Waals surface area (Å²) in [5, 5.41) is 23.2. The van der Waals surface area contributed by atoms with Gasteiger partial charge in [-0.05, 0) is 24.6 Å². The largest absolute Gasteiger partial charge is 0.488 e. The van der Waals surface area contributed by atoms with E-state index in [2.05, 4.69) is 15.3 Å². The first-order valence-corrected chi connectivity index (χ1v) is 9.78. The molecule has 1 saturated carbocycles. The van der Waals surface area contributed by atoms with Gasteiger partial charge in [-0.25, -0.2) is 14.4 Å². The number of benzene rings is 1. The van der Waals surface area contributed by atoms with E-state index in [-0.39, 0.29) is 18.6 Å². The van der Waals surface area contributed by atoms with Crippen molar-refractivity contribution < 1.29 is 24.1 Å². The van der Waals surface area contributed by atoms with Crippen LogP contribution in [0.4, 0.5) is 15.9 Å². The lowest BCUT2D eigenvalue weighted by Gasteiger charge is -2.17. The number of aromatic nitrogens is 2. The first kappa shape index (κ1) is 19.5. The van der Waals surface area contributed by atoms with Gasteiger partial charge in [0.15, 0.2) is 0 Å². The Labute approximate surface area is 169 Å². The van der Waals surface area contributed by atoms with Gasteiger partial charge in [0, 0.05) is 18.9 Å². The first-order valence-electron chi connectivity index (χ1n) is 8.96. The van der Waals surface area contributed by atoms with Crippen molar-refractivity contribution in [1.29, 1.82) is 0 Å². The summed E-state index contributed by atoms with van der Waals surface area (Å²) in [4.78, 5) is 21.1. The van der Waals surface area contributed by atoms with E-state index in [1.54, 1.807) is 6.92 Å². The zero-order valence-electron chi connectivity index (χ0n) is 15.4. The van der Waals surface area contributed by atoms with Crippen LogP contribution < -0.4 is 15.8 Å². The van der Waals surface area contributed by atoms with E-state index < -0.39 is 30.0 Å². The normalized spacial score (nSPS) is 21.4. The monoisotopic (exact) mass is 418 g/mol. The number of aryl methyl sites for hydroxylation is 1. The number of thiophene rings is 1. The van der Waals surface area contributed by atoms with E-state index in [1.165, 1.54) is 35.9 Å². The van der Waals surface area contributed by atoms with Gasteiger partial charge in [0.1, 0.15) is 34.6 Å². The minimum absolute atomic E-state index is 0.228. The summed E-state index contributed by atoms with van der Waals surface area (Å²) in [6.07, 6.45) is -0.323. The lowest BCUT2D eigenvalue weighted by atomic mass is 10.2. The molecule has 10 heteroatoms. The van der Waals surface area contributed by atoms with Crippen LogP contribution in [0.3, 0.4) is 0 Å². The van der Waals surface area contributed by atoms with Crippen molar-refractivity contribution in [3.63, 3.8) is 0 Å². The van der Waals surface area contributed by atoms with Crippen molar-refractivity contribution in [1.82, 2.24) is 9.97 Å². The van der Waals surface area contributed by atoms with E-state index in [0.29, 0.717) is 32.2 Å². The Hall–Kier alpha value is -2.82. The van der Waals surface area contributed by atoms with E-state index in [9.17, 15) is 19.4 Å². The number of aliphatic hydroxyl groups excluding tert-OH is 2. The number of fused-ring (bicyclic) bond motifs is 1. The van der Waals surface area contributed by atoms with Crippen molar-refractivity contribution in [2.45, 2.75) is 38.1 Å². The molecule has 0 unspecified atom stereocenters. The number of ether oxygens (including phenoxy) is 1. The Kier molecular flexibility index (Phi) is 5.07. The third-order valence-electron chi connectivity index (χ3n) is 4.89. The third-order valence-corrected chi connectivity index (χ3v) is 6.11. The van der Waals surface area contributed by atoms with E-state index >= 15 is 0 Å². The van der Waals surface area contributed by atoms with Gasteiger partial charge in [-0.2, -0.15) is 0 Å². The Morgan fingerprint density at radius 1 is 1.31 bits per heavy atom. The summed E-state index contributed by atoms with van der Waals surface area (Å²) in [5.74, 6) is -0.369. The highest BCUT2D eigenvalue weighted by Crippen LogP contribution is 2.37. The summed E-state index contributed by atoms with van der Waals surface area (Å²) >= 11 is 1.18. The maximum absolute atomic E-state index is 13.8. The van der Waals surface area contributed by atoms with Crippen LogP contribution in [0.2, 0.25) is 0 Å². The molecule has 1 amide bonds. The molecule has 3 aromatic rings. The number of rotatable bonds is 5. The third kappa shape index (κ3) is 3.74. The van der Waals surface area contributed by atoms with Gasteiger partial charge in [0.25, 0.3) is 5.91 Å². The number of nitrogens with two attached hydrogens (primary N) is 1. The van der Waals surface area contributed by atoms with Crippen molar-refractivity contribution in [2.75, 3.05) is 5.32 Å². The van der Waals surface area contributed by atoms with Crippen molar-refractivity contribution in [2.24, 2.45) is 5.73 Å². The standard InChI is InChI=1S/C19H19FN4O4S/c1-8-15-18(22-7-23-19(15)29-16(8)17(21)27)24-11-3-2-9(20)4-14(11)28-10-5-12(25)13(26)6-10/h2-4,7,10,12-13,25-26H,5-6H2,1H3,(H2,21,27)(H,22,23,24)/t10-,12-,13+. The lowest BCUT2D eigenvalue weighted by Crippen LogP contribution is -2.17. The second-order valence-corrected chi connectivity index (χ2v) is 7.93. The highest BCUT2D eigenvalue weighted by molar-refractivity contribution is 7.20. The number of halogens is 1. The molecule has 29 heavy (non-hydrogen) atoms. The van der Waals surface area contributed by atoms with E-state index in [4.69, 9.17) is 10.5 Å². The van der Waals surface area contributed by atoms with Crippen LogP contribution in [0.5, 0.6) is 5.75 Å². The Bertz CT molecular complexity index is 1080. The number of anilines is 2. The number of hydrogen-bond acceptors (Lipinski definition) is 8. The van der Waals surface area contributed by atoms with Crippen LogP contribution in [0.25, 0.3) is 10.2 Å². The predicted molar refractivity (Wildman–Crippen MR) is 106 cm³/mol. The fraction of sp³-hybridized carbons (Fsp3) is 0.316. The Morgan fingerprint density at radius 3 is 2.72 bits per heavy atom. The van der Waals surface area contributed by atoms with Crippen LogP contribution in [-0.4, -0.2) is 44.4 Å². The molecule has 152 valence electrons. The molecule has 5 N–H and O–H groups in total. The summed E-state index contributed by atoms with van der Waals surface area (Å²) in [6, 6.07) is 4.02. The first-order chi connectivity index (χ1) is 13.8. The number of nitrogens with one attached hydrogen (secondary N) is 1. The van der Waals surface area contributed by atoms with Crippen molar-refractivity contribution in [3.8, 4) is 5.75 Å². The van der Waals surface area contributed by atoms with E-state index in [1.807, 2.05) is 0 Å². The molecule has 2 heterocycles. The van der Waals surface area contributed by atoms with Crippen LogP contribution in [-0.2, 0) is 0 Å². The maximum Gasteiger partial charge on any atom is 0.259 e. The van der Waals surface area contributed by atoms with Gasteiger partial charge in [0.05, 0.1) is 28.2 Å². The molecule has 0 bridgehead atoms. The van der Waals surface area contributed by atoms with Gasteiger partial charge in [-0.15, -0.1) is 11.3 Å². The predicted octanol–water partition coefficient (Wildman–Crippen LogP) is 2.24. The fourth-order valence-corrected chi connectivity index (χ4v) is 4.45. The van der Waals surface area contributed by atoms with Gasteiger partial charge in [-0.1, -0.05) is 0 Å². The summed E-state index contributed by atoms with van der Waals surface area (Å²) in [6.45, 7) is 1.76. The van der Waals surface area contributed by atoms with Crippen LogP contribution in [0.1, 0.15) is 28.1 Å². The molecular formula is C19H19FN4O4S. The molecule has 0 spiro atoms. The molecule has 0 aliphatic heterocycles. The van der Waals surface area contributed by atoms with Crippen molar-refractivity contribution >= 4 is 39.0 Å². The number of hydrogen-bond donors (Lipinski definition) is 4. The number of aliphatic hydroxyl groups is 2. The maximum atomic E-state index is 13.8. The fourth-order valence-electron chi connectivity index (χ4n) is 3.45. The Morgan fingerprint density at radius 2 is 2.03 bits per heavy atom. The number of carbonyl (C=O) groups is 1. The summed E-state index contributed by atoms with van der Waals surface area (Å²) < 4.78 is 19.7. The molecule has 3 atom stereocenters. The van der Waals surface area contributed by atoms with Crippen LogP contribution in [0, 0.1) is 12.7 Å². The molecule has 0 saturated heterocycles. The molecule has 0 radical (unpaired) electrons. The average molecular weight is 418 g/mol. The molecule has 1 aromatic carbocycles. The quantitative estimate of drug-likeness (QED) is 0.500. The highest BCUT2D eigenvalue weighted by Gasteiger charge is 2.33. The van der Waals surface area contributed by atoms with E-state index in [0.717, 1.165) is 0 Å². The smallest absolute Gasteiger partial charge is 0.259 e. The molecule has 1 fully saturated rings. The minimum Gasteiger partial charge on any atom is -0.488 e. The van der Waals surface area contributed by atoms with Crippen LogP contribution in [0.15, 0.2) is 24.5 Å². The molecule has 1 aliphatic carbocycles. The second kappa shape index (κ2) is 7.54.